The number of nitrogens with one attached hydrogen (secondary N) is 2. The maximum absolute atomic E-state index is 12.6. The van der Waals surface area contributed by atoms with Crippen molar-refractivity contribution in [2.45, 2.75) is 73.3 Å². The molecule has 1 aromatic rings. The number of aromatic nitrogens is 1. The number of hydrogen-bond donors (Lipinski definition) is 2. The topological polar surface area (TPSA) is 62.0 Å². The standard InChI is InChI=1S/C19H30N2O2/c1-11(2)7-8-12(3)20-18(23)17-13(4)16-14(21-17)9-19(5,6)10-15(16)22/h11-12,21H,7-10H2,1-6H3,(H,20,23). The smallest absolute Gasteiger partial charge is 0.268 e. The van der Waals surface area contributed by atoms with Crippen molar-refractivity contribution >= 4 is 11.7 Å². The molecule has 0 spiro atoms. The highest BCUT2D eigenvalue weighted by atomic mass is 16.2. The van der Waals surface area contributed by atoms with Gasteiger partial charge in [0.1, 0.15) is 5.69 Å². The van der Waals surface area contributed by atoms with Crippen LogP contribution in [-0.4, -0.2) is 22.7 Å². The number of aromatic amines is 1. The number of carbonyl (C=O) groups is 2. The summed E-state index contributed by atoms with van der Waals surface area (Å²) >= 11 is 0. The lowest BCUT2D eigenvalue weighted by Crippen LogP contribution is -2.33. The predicted octanol–water partition coefficient (Wildman–Crippen LogP) is 4.03. The Balaban J connectivity index is 2.15. The Labute approximate surface area is 139 Å². The number of H-pyrrole nitrogens is 1. The molecule has 1 atom stereocenters. The van der Waals surface area contributed by atoms with Gasteiger partial charge in [-0.25, -0.2) is 0 Å². The number of amides is 1. The molecule has 1 aromatic heterocycles. The zero-order chi connectivity index (χ0) is 17.4. The van der Waals surface area contributed by atoms with E-state index in [2.05, 4.69) is 38.0 Å². The molecule has 0 fully saturated rings. The van der Waals surface area contributed by atoms with Crippen LogP contribution in [-0.2, 0) is 6.42 Å². The van der Waals surface area contributed by atoms with E-state index >= 15 is 0 Å². The number of ketones is 1. The van der Waals surface area contributed by atoms with Crippen LogP contribution in [0.5, 0.6) is 0 Å². The van der Waals surface area contributed by atoms with Crippen LogP contribution in [0.3, 0.4) is 0 Å². The van der Waals surface area contributed by atoms with Gasteiger partial charge in [-0.3, -0.25) is 9.59 Å². The van der Waals surface area contributed by atoms with Crippen LogP contribution < -0.4 is 5.32 Å². The van der Waals surface area contributed by atoms with Gasteiger partial charge in [-0.1, -0.05) is 27.7 Å². The molecule has 0 radical (unpaired) electrons. The second-order valence-electron chi connectivity index (χ2n) is 8.27. The van der Waals surface area contributed by atoms with Crippen LogP contribution in [0.1, 0.15) is 86.0 Å². The van der Waals surface area contributed by atoms with E-state index in [1.54, 1.807) is 0 Å². The Morgan fingerprint density at radius 3 is 2.48 bits per heavy atom. The Bertz CT molecular complexity index is 611. The minimum Gasteiger partial charge on any atom is -0.354 e. The van der Waals surface area contributed by atoms with E-state index < -0.39 is 0 Å². The molecule has 2 N–H and O–H groups in total. The van der Waals surface area contributed by atoms with Crippen LogP contribution in [0.4, 0.5) is 0 Å². The normalized spacial score (nSPS) is 18.0. The Morgan fingerprint density at radius 1 is 1.22 bits per heavy atom. The maximum atomic E-state index is 12.6. The average molecular weight is 318 g/mol. The first kappa shape index (κ1) is 17.8. The molecule has 23 heavy (non-hydrogen) atoms. The molecule has 0 saturated heterocycles. The van der Waals surface area contributed by atoms with Crippen LogP contribution in [0.25, 0.3) is 0 Å². The third-order valence-corrected chi connectivity index (χ3v) is 4.68. The van der Waals surface area contributed by atoms with Crippen molar-refractivity contribution in [3.8, 4) is 0 Å². The van der Waals surface area contributed by atoms with Crippen LogP contribution in [0, 0.1) is 18.3 Å². The second-order valence-corrected chi connectivity index (χ2v) is 8.27. The lowest BCUT2D eigenvalue weighted by atomic mass is 9.75. The van der Waals surface area contributed by atoms with Crippen molar-refractivity contribution in [3.63, 3.8) is 0 Å². The predicted molar refractivity (Wildman–Crippen MR) is 93.0 cm³/mol. The first-order chi connectivity index (χ1) is 10.6. The van der Waals surface area contributed by atoms with Gasteiger partial charge in [0.05, 0.1) is 0 Å². The van der Waals surface area contributed by atoms with E-state index in [4.69, 9.17) is 0 Å². The fraction of sp³-hybridized carbons (Fsp3) is 0.684. The summed E-state index contributed by atoms with van der Waals surface area (Å²) < 4.78 is 0. The van der Waals surface area contributed by atoms with Crippen LogP contribution in [0.15, 0.2) is 0 Å². The third-order valence-electron chi connectivity index (χ3n) is 4.68. The van der Waals surface area contributed by atoms with Crippen molar-refractivity contribution in [1.29, 1.82) is 0 Å². The summed E-state index contributed by atoms with van der Waals surface area (Å²) in [7, 11) is 0. The largest absolute Gasteiger partial charge is 0.354 e. The summed E-state index contributed by atoms with van der Waals surface area (Å²) in [6.07, 6.45) is 3.42. The zero-order valence-corrected chi connectivity index (χ0v) is 15.3. The quantitative estimate of drug-likeness (QED) is 0.861. The fourth-order valence-corrected chi connectivity index (χ4v) is 3.41. The van der Waals surface area contributed by atoms with Gasteiger partial charge in [0.15, 0.2) is 5.78 Å². The summed E-state index contributed by atoms with van der Waals surface area (Å²) in [5, 5.41) is 3.06. The highest BCUT2D eigenvalue weighted by Crippen LogP contribution is 2.36. The van der Waals surface area contributed by atoms with Crippen molar-refractivity contribution in [3.05, 3.63) is 22.5 Å². The van der Waals surface area contributed by atoms with E-state index in [1.165, 1.54) is 0 Å². The third kappa shape index (κ3) is 4.04. The van der Waals surface area contributed by atoms with Gasteiger partial charge < -0.3 is 10.3 Å². The second kappa shape index (κ2) is 6.50. The molecule has 0 aliphatic heterocycles. The van der Waals surface area contributed by atoms with E-state index in [1.807, 2.05) is 13.8 Å². The maximum Gasteiger partial charge on any atom is 0.268 e. The van der Waals surface area contributed by atoms with E-state index in [9.17, 15) is 9.59 Å². The van der Waals surface area contributed by atoms with Gasteiger partial charge >= 0.3 is 0 Å². The zero-order valence-electron chi connectivity index (χ0n) is 15.3. The summed E-state index contributed by atoms with van der Waals surface area (Å²) in [4.78, 5) is 28.2. The lowest BCUT2D eigenvalue weighted by Gasteiger charge is -2.28. The van der Waals surface area contributed by atoms with Crippen molar-refractivity contribution in [1.82, 2.24) is 10.3 Å². The van der Waals surface area contributed by atoms with Gasteiger partial charge in [0, 0.05) is 23.7 Å². The van der Waals surface area contributed by atoms with Crippen molar-refractivity contribution in [2.75, 3.05) is 0 Å². The molecule has 128 valence electrons. The number of carbonyl (C=O) groups excluding carboxylic acids is 2. The van der Waals surface area contributed by atoms with Gasteiger partial charge in [0.2, 0.25) is 0 Å². The van der Waals surface area contributed by atoms with E-state index in [-0.39, 0.29) is 23.1 Å². The molecule has 1 aliphatic rings. The lowest BCUT2D eigenvalue weighted by molar-refractivity contribution is 0.0908. The van der Waals surface area contributed by atoms with Crippen molar-refractivity contribution in [2.24, 2.45) is 11.3 Å². The molecule has 1 amide bonds. The number of hydrogen-bond acceptors (Lipinski definition) is 2. The monoisotopic (exact) mass is 318 g/mol. The average Bonchev–Trinajstić information content (AvgIpc) is 2.72. The molecule has 0 saturated carbocycles. The van der Waals surface area contributed by atoms with E-state index in [0.29, 0.717) is 18.0 Å². The molecular weight excluding hydrogens is 288 g/mol. The Hall–Kier alpha value is -1.58. The van der Waals surface area contributed by atoms with Crippen LogP contribution >= 0.6 is 0 Å². The molecule has 0 bridgehead atoms. The minimum absolute atomic E-state index is 0.0420. The van der Waals surface area contributed by atoms with Crippen molar-refractivity contribution < 1.29 is 9.59 Å². The highest BCUT2D eigenvalue weighted by molar-refractivity contribution is 6.04. The summed E-state index contributed by atoms with van der Waals surface area (Å²) in [6.45, 7) is 12.5. The summed E-state index contributed by atoms with van der Waals surface area (Å²) in [5.41, 5.74) is 2.97. The van der Waals surface area contributed by atoms with E-state index in [0.717, 1.165) is 36.1 Å². The number of rotatable bonds is 5. The van der Waals surface area contributed by atoms with Gasteiger partial charge in [-0.2, -0.15) is 0 Å². The summed E-state index contributed by atoms with van der Waals surface area (Å²) in [5.74, 6) is 0.685. The Morgan fingerprint density at radius 2 is 1.87 bits per heavy atom. The molecule has 4 heteroatoms. The highest BCUT2D eigenvalue weighted by Gasteiger charge is 2.35. The molecule has 2 rings (SSSR count). The van der Waals surface area contributed by atoms with Crippen LogP contribution in [0.2, 0.25) is 0 Å². The first-order valence-corrected chi connectivity index (χ1v) is 8.66. The van der Waals surface area contributed by atoms with Gasteiger partial charge in [-0.05, 0) is 50.0 Å². The fourth-order valence-electron chi connectivity index (χ4n) is 3.41. The molecular formula is C19H30N2O2. The Kier molecular flexibility index (Phi) is 5.02. The minimum atomic E-state index is -0.0984. The number of fused-ring (bicyclic) bond motifs is 1. The molecule has 0 aromatic carbocycles. The van der Waals surface area contributed by atoms with Gasteiger partial charge in [-0.15, -0.1) is 0 Å². The molecule has 1 unspecified atom stereocenters. The first-order valence-electron chi connectivity index (χ1n) is 8.66. The number of Topliss-reactive ketones (excluding diaryl/α,β-unsaturated/α-hetero) is 1. The molecule has 4 nitrogen and oxygen atoms in total. The summed E-state index contributed by atoms with van der Waals surface area (Å²) in [6, 6.07) is 0.136. The van der Waals surface area contributed by atoms with Gasteiger partial charge in [0.25, 0.3) is 5.91 Å². The SMILES string of the molecule is Cc1c(C(=O)NC(C)CCC(C)C)[nH]c2c1C(=O)CC(C)(C)C2. The molecule has 1 aliphatic carbocycles. The molecule has 1 heterocycles.